The van der Waals surface area contributed by atoms with E-state index in [2.05, 4.69) is 10.5 Å². The van der Waals surface area contributed by atoms with E-state index in [-0.39, 0.29) is 5.69 Å². The largest absolute Gasteiger partial charge is 0.277 e. The van der Waals surface area contributed by atoms with E-state index in [1.807, 2.05) is 6.07 Å². The van der Waals surface area contributed by atoms with Crippen LogP contribution in [0.1, 0.15) is 5.56 Å². The molecule has 0 atom stereocenters. The van der Waals surface area contributed by atoms with Crippen LogP contribution in [0.2, 0.25) is 10.0 Å². The summed E-state index contributed by atoms with van der Waals surface area (Å²) in [7, 11) is 0. The number of benzene rings is 2. The summed E-state index contributed by atoms with van der Waals surface area (Å²) >= 11 is 11.9. The summed E-state index contributed by atoms with van der Waals surface area (Å²) in [5.41, 5.74) is 3.78. The normalized spacial score (nSPS) is 10.7. The van der Waals surface area contributed by atoms with Gasteiger partial charge in [0.25, 0.3) is 5.69 Å². The molecule has 0 aliphatic heterocycles. The smallest absolute Gasteiger partial charge is 0.270 e. The first-order chi connectivity index (χ1) is 9.58. The van der Waals surface area contributed by atoms with Crippen LogP contribution in [-0.2, 0) is 0 Å². The number of hydrogen-bond donors (Lipinski definition) is 1. The van der Waals surface area contributed by atoms with E-state index in [4.69, 9.17) is 23.2 Å². The summed E-state index contributed by atoms with van der Waals surface area (Å²) in [5.74, 6) is 0. The fourth-order valence-corrected chi connectivity index (χ4v) is 1.81. The topological polar surface area (TPSA) is 67.5 Å². The highest BCUT2D eigenvalue weighted by Gasteiger charge is 2.08. The van der Waals surface area contributed by atoms with Crippen LogP contribution in [-0.4, -0.2) is 11.1 Å². The number of hydrogen-bond acceptors (Lipinski definition) is 4. The number of nitrogens with one attached hydrogen (secondary N) is 1. The average molecular weight is 310 g/mol. The van der Waals surface area contributed by atoms with Gasteiger partial charge in [0.05, 0.1) is 21.8 Å². The number of anilines is 1. The molecule has 0 aliphatic carbocycles. The van der Waals surface area contributed by atoms with Gasteiger partial charge in [-0.15, -0.1) is 0 Å². The Kier molecular flexibility index (Phi) is 4.55. The first kappa shape index (κ1) is 14.3. The molecule has 2 rings (SSSR count). The molecule has 2 aromatic rings. The molecule has 0 heterocycles. The third-order valence-corrected chi connectivity index (χ3v) is 3.13. The lowest BCUT2D eigenvalue weighted by Crippen LogP contribution is -1.94. The molecule has 5 nitrogen and oxygen atoms in total. The van der Waals surface area contributed by atoms with E-state index in [9.17, 15) is 10.1 Å². The highest BCUT2D eigenvalue weighted by molar-refractivity contribution is 6.33. The molecule has 0 spiro atoms. The molecular weight excluding hydrogens is 301 g/mol. The third-order valence-electron chi connectivity index (χ3n) is 2.45. The zero-order valence-electron chi connectivity index (χ0n) is 10.1. The lowest BCUT2D eigenvalue weighted by atomic mass is 10.2. The van der Waals surface area contributed by atoms with Crippen LogP contribution in [0.4, 0.5) is 11.4 Å². The second-order valence-corrected chi connectivity index (χ2v) is 4.63. The van der Waals surface area contributed by atoms with Crippen LogP contribution in [0.3, 0.4) is 0 Å². The SMILES string of the molecule is O=[N+]([O-])c1ccc(Cl)c(/C=N\Nc2ccccc2Cl)c1. The number of hydrazone groups is 1. The molecular formula is C13H9Cl2N3O2. The van der Waals surface area contributed by atoms with Crippen LogP contribution >= 0.6 is 23.2 Å². The molecule has 102 valence electrons. The molecule has 0 saturated carbocycles. The Morgan fingerprint density at radius 3 is 2.60 bits per heavy atom. The molecule has 20 heavy (non-hydrogen) atoms. The van der Waals surface area contributed by atoms with Crippen molar-refractivity contribution in [3.05, 3.63) is 68.2 Å². The Hall–Kier alpha value is -2.11. The predicted molar refractivity (Wildman–Crippen MR) is 80.8 cm³/mol. The number of nitro benzene ring substituents is 1. The van der Waals surface area contributed by atoms with Crippen LogP contribution in [0, 0.1) is 10.1 Å². The quantitative estimate of drug-likeness (QED) is 0.518. The van der Waals surface area contributed by atoms with Crippen molar-refractivity contribution in [1.29, 1.82) is 0 Å². The van der Waals surface area contributed by atoms with E-state index in [0.717, 1.165) is 0 Å². The number of nitro groups is 1. The van der Waals surface area contributed by atoms with Gasteiger partial charge in [0.2, 0.25) is 0 Å². The molecule has 0 amide bonds. The number of halogens is 2. The van der Waals surface area contributed by atoms with Crippen molar-refractivity contribution in [2.45, 2.75) is 0 Å². The van der Waals surface area contributed by atoms with Crippen LogP contribution in [0.25, 0.3) is 0 Å². The van der Waals surface area contributed by atoms with Gasteiger partial charge in [0.15, 0.2) is 0 Å². The minimum atomic E-state index is -0.491. The maximum atomic E-state index is 10.7. The Labute approximate surface area is 125 Å². The highest BCUT2D eigenvalue weighted by Crippen LogP contribution is 2.22. The Morgan fingerprint density at radius 1 is 1.15 bits per heavy atom. The third kappa shape index (κ3) is 3.46. The van der Waals surface area contributed by atoms with Crippen LogP contribution in [0.15, 0.2) is 47.6 Å². The van der Waals surface area contributed by atoms with Crippen molar-refractivity contribution in [2.75, 3.05) is 5.43 Å². The molecule has 0 radical (unpaired) electrons. The summed E-state index contributed by atoms with van der Waals surface area (Å²) in [6.07, 6.45) is 1.40. The van der Waals surface area contributed by atoms with Gasteiger partial charge in [-0.1, -0.05) is 35.3 Å². The minimum absolute atomic E-state index is 0.0476. The second kappa shape index (κ2) is 6.36. The van der Waals surface area contributed by atoms with Crippen LogP contribution in [0.5, 0.6) is 0 Å². The van der Waals surface area contributed by atoms with Gasteiger partial charge in [-0.3, -0.25) is 15.5 Å². The van der Waals surface area contributed by atoms with E-state index >= 15 is 0 Å². The van der Waals surface area contributed by atoms with Crippen molar-refractivity contribution < 1.29 is 4.92 Å². The first-order valence-electron chi connectivity index (χ1n) is 5.55. The van der Waals surface area contributed by atoms with Gasteiger partial charge in [-0.25, -0.2) is 0 Å². The van der Waals surface area contributed by atoms with Gasteiger partial charge < -0.3 is 0 Å². The Bertz CT molecular complexity index is 674. The van der Waals surface area contributed by atoms with Crippen molar-refractivity contribution in [2.24, 2.45) is 5.10 Å². The molecule has 2 aromatic carbocycles. The zero-order valence-corrected chi connectivity index (χ0v) is 11.6. The molecule has 0 aromatic heterocycles. The monoisotopic (exact) mass is 309 g/mol. The Morgan fingerprint density at radius 2 is 1.90 bits per heavy atom. The lowest BCUT2D eigenvalue weighted by molar-refractivity contribution is -0.384. The highest BCUT2D eigenvalue weighted by atomic mass is 35.5. The standard InChI is InChI=1S/C13H9Cl2N3O2/c14-11-6-5-10(18(19)20)7-9(11)8-16-17-13-4-2-1-3-12(13)15/h1-8,17H/b16-8-. The summed E-state index contributed by atoms with van der Waals surface area (Å²) in [6, 6.07) is 11.2. The van der Waals surface area contributed by atoms with E-state index in [1.54, 1.807) is 18.2 Å². The minimum Gasteiger partial charge on any atom is -0.277 e. The van der Waals surface area contributed by atoms with Crippen molar-refractivity contribution >= 4 is 40.8 Å². The van der Waals surface area contributed by atoms with Gasteiger partial charge in [-0.05, 0) is 18.2 Å². The Balaban J connectivity index is 2.17. The number of rotatable bonds is 4. The van der Waals surface area contributed by atoms with Crippen LogP contribution < -0.4 is 5.43 Å². The first-order valence-corrected chi connectivity index (χ1v) is 6.31. The van der Waals surface area contributed by atoms with Crippen molar-refractivity contribution in [1.82, 2.24) is 0 Å². The maximum Gasteiger partial charge on any atom is 0.270 e. The fourth-order valence-electron chi connectivity index (χ4n) is 1.47. The summed E-state index contributed by atoms with van der Waals surface area (Å²) in [4.78, 5) is 10.2. The van der Waals surface area contributed by atoms with E-state index < -0.39 is 4.92 Å². The number of non-ortho nitro benzene ring substituents is 1. The van der Waals surface area contributed by atoms with Gasteiger partial charge in [-0.2, -0.15) is 5.10 Å². The van der Waals surface area contributed by atoms with Gasteiger partial charge in [0, 0.05) is 22.7 Å². The predicted octanol–water partition coefficient (Wildman–Crippen LogP) is 4.35. The summed E-state index contributed by atoms with van der Waals surface area (Å²) in [5, 5.41) is 15.6. The second-order valence-electron chi connectivity index (χ2n) is 3.81. The van der Waals surface area contributed by atoms with Crippen molar-refractivity contribution in [3.63, 3.8) is 0 Å². The molecule has 1 N–H and O–H groups in total. The summed E-state index contributed by atoms with van der Waals surface area (Å²) < 4.78 is 0. The molecule has 0 aliphatic rings. The average Bonchev–Trinajstić information content (AvgIpc) is 2.42. The van der Waals surface area contributed by atoms with E-state index in [0.29, 0.717) is 21.3 Å². The number of nitrogens with zero attached hydrogens (tertiary/aromatic N) is 2. The molecule has 0 fully saturated rings. The fraction of sp³-hybridized carbons (Fsp3) is 0. The van der Waals surface area contributed by atoms with Crippen molar-refractivity contribution in [3.8, 4) is 0 Å². The van der Waals surface area contributed by atoms with Gasteiger partial charge >= 0.3 is 0 Å². The maximum absolute atomic E-state index is 10.7. The summed E-state index contributed by atoms with van der Waals surface area (Å²) in [6.45, 7) is 0. The molecule has 0 saturated heterocycles. The zero-order chi connectivity index (χ0) is 14.5. The van der Waals surface area contributed by atoms with E-state index in [1.165, 1.54) is 24.4 Å². The molecule has 0 bridgehead atoms. The lowest BCUT2D eigenvalue weighted by Gasteiger charge is -2.02. The number of para-hydroxylation sites is 1. The molecule has 0 unspecified atom stereocenters. The molecule has 7 heteroatoms. The van der Waals surface area contributed by atoms with Gasteiger partial charge in [0.1, 0.15) is 0 Å².